The number of aromatic amines is 1. The number of aryl methyl sites for hydroxylation is 1. The maximum Gasteiger partial charge on any atom is 0.445 e. The number of aromatic nitrogens is 2. The number of hydrogen-bond acceptors (Lipinski definition) is 6. The highest BCUT2D eigenvalue weighted by Crippen LogP contribution is 2.28. The molecule has 0 aliphatic carbocycles. The van der Waals surface area contributed by atoms with Crippen LogP contribution in [0.15, 0.2) is 44.6 Å². The average Bonchev–Trinajstić information content (AvgIpc) is 3.36. The van der Waals surface area contributed by atoms with Gasteiger partial charge in [0.25, 0.3) is 0 Å². The first kappa shape index (κ1) is 25.8. The summed E-state index contributed by atoms with van der Waals surface area (Å²) in [5, 5.41) is 2.66. The van der Waals surface area contributed by atoms with E-state index in [-0.39, 0.29) is 6.61 Å². The van der Waals surface area contributed by atoms with Crippen molar-refractivity contribution in [1.29, 1.82) is 0 Å². The number of para-hydroxylation sites is 1. The van der Waals surface area contributed by atoms with Gasteiger partial charge in [0, 0.05) is 17.7 Å². The number of nitrogens with one attached hydrogen (secondary N) is 2. The van der Waals surface area contributed by atoms with Gasteiger partial charge in [-0.05, 0) is 25.5 Å². The van der Waals surface area contributed by atoms with Crippen LogP contribution in [0.5, 0.6) is 5.75 Å². The Morgan fingerprint density at radius 2 is 1.71 bits per heavy atom. The van der Waals surface area contributed by atoms with Gasteiger partial charge in [-0.15, -0.1) is 0 Å². The molecule has 0 radical (unpaired) electrons. The lowest BCUT2D eigenvalue weighted by atomic mass is 10.1. The normalized spacial score (nSPS) is 11.7. The molecule has 3 rings (SSSR count). The molecule has 0 fully saturated rings. The van der Waals surface area contributed by atoms with Gasteiger partial charge in [0.2, 0.25) is 0 Å². The Labute approximate surface area is 201 Å². The molecular formula is C26H38N4O4. The summed E-state index contributed by atoms with van der Waals surface area (Å²) in [6.45, 7) is 5.22. The summed E-state index contributed by atoms with van der Waals surface area (Å²) in [7, 11) is 0. The average molecular weight is 471 g/mol. The molecule has 0 unspecified atom stereocenters. The maximum atomic E-state index is 12.2. The minimum atomic E-state index is -0.533. The van der Waals surface area contributed by atoms with Crippen molar-refractivity contribution >= 4 is 17.9 Å². The van der Waals surface area contributed by atoms with Gasteiger partial charge in [0.1, 0.15) is 5.75 Å². The zero-order chi connectivity index (χ0) is 24.0. The molecule has 34 heavy (non-hydrogen) atoms. The SMILES string of the molecule is CCCCCCCCCCCCNOCc1c(C)c2[nH]oc(=O)n2c1N=COc1ccccc1. The number of ether oxygens (including phenoxy) is 1. The summed E-state index contributed by atoms with van der Waals surface area (Å²) in [6, 6.07) is 9.33. The number of hydrogen-bond donors (Lipinski definition) is 2. The van der Waals surface area contributed by atoms with Gasteiger partial charge >= 0.3 is 5.76 Å². The molecule has 2 heterocycles. The first-order valence-corrected chi connectivity index (χ1v) is 12.5. The first-order chi connectivity index (χ1) is 16.7. The van der Waals surface area contributed by atoms with Crippen LogP contribution in [0, 0.1) is 6.92 Å². The van der Waals surface area contributed by atoms with Crippen LogP contribution in [0.1, 0.15) is 82.3 Å². The van der Waals surface area contributed by atoms with Crippen molar-refractivity contribution in [2.24, 2.45) is 4.99 Å². The summed E-state index contributed by atoms with van der Waals surface area (Å²) < 4.78 is 11.9. The molecule has 8 heteroatoms. The fraction of sp³-hybridized carbons (Fsp3) is 0.538. The van der Waals surface area contributed by atoms with Gasteiger partial charge in [-0.2, -0.15) is 5.16 Å². The molecule has 0 aliphatic rings. The predicted octanol–water partition coefficient (Wildman–Crippen LogP) is 6.21. The van der Waals surface area contributed by atoms with Crippen LogP contribution in [0.4, 0.5) is 5.82 Å². The molecule has 0 saturated heterocycles. The van der Waals surface area contributed by atoms with Crippen LogP contribution >= 0.6 is 0 Å². The topological polar surface area (TPSA) is 93.3 Å². The Morgan fingerprint density at radius 3 is 2.41 bits per heavy atom. The van der Waals surface area contributed by atoms with Crippen molar-refractivity contribution < 1.29 is 14.1 Å². The number of aliphatic imine (C=N–C) groups is 1. The number of rotatable bonds is 17. The highest BCUT2D eigenvalue weighted by atomic mass is 16.6. The van der Waals surface area contributed by atoms with Crippen molar-refractivity contribution in [1.82, 2.24) is 15.0 Å². The van der Waals surface area contributed by atoms with Gasteiger partial charge in [0.15, 0.2) is 17.9 Å². The fourth-order valence-corrected chi connectivity index (χ4v) is 3.98. The molecule has 2 aromatic heterocycles. The molecular weight excluding hydrogens is 432 g/mol. The monoisotopic (exact) mass is 470 g/mol. The van der Waals surface area contributed by atoms with Gasteiger partial charge < -0.3 is 9.26 Å². The van der Waals surface area contributed by atoms with Crippen LogP contribution in [0.3, 0.4) is 0 Å². The summed E-state index contributed by atoms with van der Waals surface area (Å²) in [5.41, 5.74) is 5.24. The van der Waals surface area contributed by atoms with Crippen molar-refractivity contribution in [2.45, 2.75) is 84.7 Å². The summed E-state index contributed by atoms with van der Waals surface area (Å²) >= 11 is 0. The number of benzene rings is 1. The summed E-state index contributed by atoms with van der Waals surface area (Å²) in [5.74, 6) is 0.557. The highest BCUT2D eigenvalue weighted by molar-refractivity contribution is 5.67. The number of H-pyrrole nitrogens is 1. The minimum Gasteiger partial charge on any atom is -0.446 e. The van der Waals surface area contributed by atoms with E-state index in [0.29, 0.717) is 17.2 Å². The van der Waals surface area contributed by atoms with Gasteiger partial charge in [-0.25, -0.2) is 19.7 Å². The van der Waals surface area contributed by atoms with E-state index in [1.807, 2.05) is 37.3 Å². The van der Waals surface area contributed by atoms with E-state index >= 15 is 0 Å². The van der Waals surface area contributed by atoms with E-state index in [1.165, 1.54) is 68.6 Å². The molecule has 0 amide bonds. The fourth-order valence-electron chi connectivity index (χ4n) is 3.98. The Morgan fingerprint density at radius 1 is 1.03 bits per heavy atom. The Bertz CT molecular complexity index is 1050. The van der Waals surface area contributed by atoms with Crippen molar-refractivity contribution in [3.63, 3.8) is 0 Å². The molecule has 8 nitrogen and oxygen atoms in total. The van der Waals surface area contributed by atoms with Crippen LogP contribution in [0.2, 0.25) is 0 Å². The van der Waals surface area contributed by atoms with Gasteiger partial charge in [0.05, 0.1) is 6.61 Å². The van der Waals surface area contributed by atoms with Crippen LogP contribution < -0.4 is 16.0 Å². The Hall–Kier alpha value is -2.84. The maximum absolute atomic E-state index is 12.2. The molecule has 0 spiro atoms. The summed E-state index contributed by atoms with van der Waals surface area (Å²) in [4.78, 5) is 22.3. The second-order valence-corrected chi connectivity index (χ2v) is 8.61. The molecule has 0 bridgehead atoms. The Balaban J connectivity index is 1.42. The van der Waals surface area contributed by atoms with E-state index in [4.69, 9.17) is 14.1 Å². The Kier molecular flexibility index (Phi) is 10.9. The van der Waals surface area contributed by atoms with Crippen LogP contribution in [-0.4, -0.2) is 22.5 Å². The summed E-state index contributed by atoms with van der Waals surface area (Å²) in [6.07, 6.45) is 14.3. The standard InChI is InChI=1S/C26H38N4O4/c1-3-4-5-6-7-8-9-10-11-15-18-28-33-19-23-21(2)24-29-34-26(31)30(24)25(23)27-20-32-22-16-13-12-14-17-22/h12-14,16-17,20,28-29H,3-11,15,18-19H2,1-2H3. The van der Waals surface area contributed by atoms with Crippen LogP contribution in [0.25, 0.3) is 5.65 Å². The first-order valence-electron chi connectivity index (χ1n) is 12.5. The van der Waals surface area contributed by atoms with E-state index in [0.717, 1.165) is 24.1 Å². The smallest absolute Gasteiger partial charge is 0.445 e. The van der Waals surface area contributed by atoms with Gasteiger partial charge in [-0.3, -0.25) is 4.84 Å². The van der Waals surface area contributed by atoms with Crippen molar-refractivity contribution in [3.05, 3.63) is 52.0 Å². The predicted molar refractivity (Wildman–Crippen MR) is 135 cm³/mol. The van der Waals surface area contributed by atoms with Gasteiger partial charge in [-0.1, -0.05) is 82.9 Å². The lowest BCUT2D eigenvalue weighted by molar-refractivity contribution is 0.0272. The number of hydroxylamine groups is 1. The third kappa shape index (κ3) is 7.60. The lowest BCUT2D eigenvalue weighted by Gasteiger charge is -2.07. The molecule has 0 aliphatic heterocycles. The lowest BCUT2D eigenvalue weighted by Crippen LogP contribution is -2.16. The number of unbranched alkanes of at least 4 members (excludes halogenated alkanes) is 9. The third-order valence-electron chi connectivity index (χ3n) is 5.99. The second kappa shape index (κ2) is 14.4. The van der Waals surface area contributed by atoms with Crippen molar-refractivity contribution in [2.75, 3.05) is 6.54 Å². The number of fused-ring (bicyclic) bond motifs is 1. The quantitative estimate of drug-likeness (QED) is 0.106. The molecule has 186 valence electrons. The highest BCUT2D eigenvalue weighted by Gasteiger charge is 2.19. The molecule has 1 aromatic carbocycles. The van der Waals surface area contributed by atoms with Crippen molar-refractivity contribution in [3.8, 4) is 5.75 Å². The van der Waals surface area contributed by atoms with E-state index in [9.17, 15) is 4.79 Å². The third-order valence-corrected chi connectivity index (χ3v) is 5.99. The van der Waals surface area contributed by atoms with Crippen LogP contribution in [-0.2, 0) is 11.4 Å². The largest absolute Gasteiger partial charge is 0.446 e. The molecule has 0 atom stereocenters. The van der Waals surface area contributed by atoms with E-state index in [2.05, 4.69) is 22.6 Å². The van der Waals surface area contributed by atoms with E-state index in [1.54, 1.807) is 0 Å². The molecule has 3 aromatic rings. The zero-order valence-electron chi connectivity index (χ0n) is 20.5. The second-order valence-electron chi connectivity index (χ2n) is 8.61. The molecule has 0 saturated carbocycles. The molecule has 2 N–H and O–H groups in total. The number of nitrogens with zero attached hydrogens (tertiary/aromatic N) is 2. The van der Waals surface area contributed by atoms with E-state index < -0.39 is 5.76 Å². The minimum absolute atomic E-state index is 0.274. The zero-order valence-corrected chi connectivity index (χ0v) is 20.5.